The SMILES string of the molecule is O=C(Cc1ccccc1)NCCNC(=O)c1ccc(COc2cccc(Br)c2)o1. The molecule has 0 radical (unpaired) electrons. The van der Waals surface area contributed by atoms with E-state index in [1.54, 1.807) is 12.1 Å². The number of nitrogens with one attached hydrogen (secondary N) is 2. The van der Waals surface area contributed by atoms with Crippen LogP contribution in [0.3, 0.4) is 0 Å². The molecule has 6 nitrogen and oxygen atoms in total. The average molecular weight is 457 g/mol. The van der Waals surface area contributed by atoms with Crippen LogP contribution in [-0.4, -0.2) is 24.9 Å². The first-order valence-electron chi connectivity index (χ1n) is 9.16. The fourth-order valence-electron chi connectivity index (χ4n) is 2.60. The second-order valence-electron chi connectivity index (χ2n) is 6.28. The third-order valence-corrected chi connectivity index (χ3v) is 4.50. The van der Waals surface area contributed by atoms with Gasteiger partial charge in [0.15, 0.2) is 5.76 Å². The molecule has 0 aliphatic rings. The molecule has 2 N–H and O–H groups in total. The third kappa shape index (κ3) is 6.80. The van der Waals surface area contributed by atoms with Crippen LogP contribution >= 0.6 is 15.9 Å². The van der Waals surface area contributed by atoms with E-state index in [9.17, 15) is 9.59 Å². The number of hydrogen-bond donors (Lipinski definition) is 2. The van der Waals surface area contributed by atoms with Gasteiger partial charge in [0.25, 0.3) is 5.91 Å². The van der Waals surface area contributed by atoms with Crippen molar-refractivity contribution in [3.05, 3.63) is 88.3 Å². The quantitative estimate of drug-likeness (QED) is 0.481. The summed E-state index contributed by atoms with van der Waals surface area (Å²) in [5.41, 5.74) is 0.947. The lowest BCUT2D eigenvalue weighted by molar-refractivity contribution is -0.120. The number of furan rings is 1. The van der Waals surface area contributed by atoms with Crippen LogP contribution in [0, 0.1) is 0 Å². The van der Waals surface area contributed by atoms with Gasteiger partial charge in [-0.05, 0) is 35.9 Å². The molecule has 3 rings (SSSR count). The van der Waals surface area contributed by atoms with Crippen LogP contribution in [0.5, 0.6) is 5.75 Å². The predicted octanol–water partition coefficient (Wildman–Crippen LogP) is 3.71. The first-order chi connectivity index (χ1) is 14.1. The van der Waals surface area contributed by atoms with Crippen molar-refractivity contribution in [3.8, 4) is 5.75 Å². The van der Waals surface area contributed by atoms with Gasteiger partial charge in [-0.1, -0.05) is 52.3 Å². The van der Waals surface area contributed by atoms with E-state index >= 15 is 0 Å². The molecule has 0 bridgehead atoms. The Morgan fingerprint density at radius 1 is 0.931 bits per heavy atom. The smallest absolute Gasteiger partial charge is 0.287 e. The van der Waals surface area contributed by atoms with Gasteiger partial charge in [0.05, 0.1) is 6.42 Å². The number of carbonyl (C=O) groups excluding carboxylic acids is 2. The van der Waals surface area contributed by atoms with Gasteiger partial charge in [-0.2, -0.15) is 0 Å². The Labute approximate surface area is 177 Å². The lowest BCUT2D eigenvalue weighted by Crippen LogP contribution is -2.35. The van der Waals surface area contributed by atoms with Crippen LogP contribution < -0.4 is 15.4 Å². The lowest BCUT2D eigenvalue weighted by Gasteiger charge is -2.06. The summed E-state index contributed by atoms with van der Waals surface area (Å²) in [7, 11) is 0. The van der Waals surface area contributed by atoms with Crippen molar-refractivity contribution in [2.75, 3.05) is 13.1 Å². The van der Waals surface area contributed by atoms with Gasteiger partial charge in [-0.25, -0.2) is 0 Å². The second kappa shape index (κ2) is 10.5. The highest BCUT2D eigenvalue weighted by Gasteiger charge is 2.11. The summed E-state index contributed by atoms with van der Waals surface area (Å²) in [4.78, 5) is 24.0. The van der Waals surface area contributed by atoms with Gasteiger partial charge in [-0.3, -0.25) is 9.59 Å². The fraction of sp³-hybridized carbons (Fsp3) is 0.182. The van der Waals surface area contributed by atoms with E-state index in [0.717, 1.165) is 10.0 Å². The van der Waals surface area contributed by atoms with Crippen molar-refractivity contribution < 1.29 is 18.7 Å². The maximum Gasteiger partial charge on any atom is 0.287 e. The van der Waals surface area contributed by atoms with E-state index in [1.807, 2.05) is 54.6 Å². The van der Waals surface area contributed by atoms with Crippen molar-refractivity contribution in [3.63, 3.8) is 0 Å². The number of benzene rings is 2. The predicted molar refractivity (Wildman–Crippen MR) is 113 cm³/mol. The maximum atomic E-state index is 12.1. The number of amides is 2. The molecule has 0 fully saturated rings. The monoisotopic (exact) mass is 456 g/mol. The molecule has 2 amide bonds. The van der Waals surface area contributed by atoms with E-state index in [4.69, 9.17) is 9.15 Å². The molecule has 0 saturated heterocycles. The normalized spacial score (nSPS) is 10.4. The van der Waals surface area contributed by atoms with Crippen molar-refractivity contribution in [2.45, 2.75) is 13.0 Å². The van der Waals surface area contributed by atoms with Gasteiger partial charge >= 0.3 is 0 Å². The number of halogens is 1. The Morgan fingerprint density at radius 3 is 2.52 bits per heavy atom. The molecule has 0 atom stereocenters. The Bertz CT molecular complexity index is 956. The first kappa shape index (κ1) is 20.7. The molecule has 1 heterocycles. The van der Waals surface area contributed by atoms with Gasteiger partial charge in [0, 0.05) is 17.6 Å². The molecule has 0 unspecified atom stereocenters. The average Bonchev–Trinajstić information content (AvgIpc) is 3.20. The van der Waals surface area contributed by atoms with Crippen molar-refractivity contribution in [2.24, 2.45) is 0 Å². The highest BCUT2D eigenvalue weighted by Crippen LogP contribution is 2.19. The Hall–Kier alpha value is -3.06. The minimum absolute atomic E-state index is 0.0876. The Kier molecular flexibility index (Phi) is 7.47. The van der Waals surface area contributed by atoms with E-state index in [2.05, 4.69) is 26.6 Å². The van der Waals surface area contributed by atoms with Crippen LogP contribution in [0.4, 0.5) is 0 Å². The number of rotatable bonds is 9. The van der Waals surface area contributed by atoms with Crippen LogP contribution in [0.15, 0.2) is 75.6 Å². The first-order valence-corrected chi connectivity index (χ1v) is 9.95. The Morgan fingerprint density at radius 2 is 1.72 bits per heavy atom. The topological polar surface area (TPSA) is 80.6 Å². The second-order valence-corrected chi connectivity index (χ2v) is 7.20. The van der Waals surface area contributed by atoms with Crippen LogP contribution in [-0.2, 0) is 17.8 Å². The molecule has 0 aliphatic heterocycles. The number of ether oxygens (including phenoxy) is 1. The van der Waals surface area contributed by atoms with E-state index < -0.39 is 0 Å². The molecule has 3 aromatic rings. The van der Waals surface area contributed by atoms with E-state index in [1.165, 1.54) is 0 Å². The largest absolute Gasteiger partial charge is 0.486 e. The summed E-state index contributed by atoms with van der Waals surface area (Å²) in [5.74, 6) is 1.03. The van der Waals surface area contributed by atoms with E-state index in [-0.39, 0.29) is 24.2 Å². The lowest BCUT2D eigenvalue weighted by atomic mass is 10.1. The number of carbonyl (C=O) groups is 2. The highest BCUT2D eigenvalue weighted by atomic mass is 79.9. The zero-order valence-corrected chi connectivity index (χ0v) is 17.3. The molecular formula is C22H21BrN2O4. The zero-order valence-electron chi connectivity index (χ0n) is 15.7. The third-order valence-electron chi connectivity index (χ3n) is 4.00. The minimum Gasteiger partial charge on any atom is -0.486 e. The Balaban J connectivity index is 1.37. The van der Waals surface area contributed by atoms with Gasteiger partial charge in [0.2, 0.25) is 5.91 Å². The summed E-state index contributed by atoms with van der Waals surface area (Å²) < 4.78 is 12.1. The molecule has 0 spiro atoms. The maximum absolute atomic E-state index is 12.1. The molecule has 0 saturated carbocycles. The molecule has 0 aliphatic carbocycles. The molecule has 1 aromatic heterocycles. The molecule has 150 valence electrons. The molecule has 2 aromatic carbocycles. The minimum atomic E-state index is -0.337. The number of hydrogen-bond acceptors (Lipinski definition) is 4. The van der Waals surface area contributed by atoms with Crippen LogP contribution in [0.2, 0.25) is 0 Å². The summed E-state index contributed by atoms with van der Waals surface area (Å²) >= 11 is 3.38. The van der Waals surface area contributed by atoms with Crippen LogP contribution in [0.25, 0.3) is 0 Å². The molecule has 29 heavy (non-hydrogen) atoms. The molecule has 7 heteroatoms. The van der Waals surface area contributed by atoms with Crippen LogP contribution in [0.1, 0.15) is 21.9 Å². The van der Waals surface area contributed by atoms with Crippen molar-refractivity contribution >= 4 is 27.7 Å². The van der Waals surface area contributed by atoms with E-state index in [0.29, 0.717) is 31.0 Å². The van der Waals surface area contributed by atoms with Gasteiger partial charge in [-0.15, -0.1) is 0 Å². The standard InChI is InChI=1S/C22H21BrN2O4/c23-17-7-4-8-18(14-17)28-15-19-9-10-20(29-19)22(27)25-12-11-24-21(26)13-16-5-2-1-3-6-16/h1-10,14H,11-13,15H2,(H,24,26)(H,25,27). The highest BCUT2D eigenvalue weighted by molar-refractivity contribution is 9.10. The van der Waals surface area contributed by atoms with Gasteiger partial charge < -0.3 is 19.8 Å². The summed E-state index contributed by atoms with van der Waals surface area (Å²) in [5, 5.41) is 5.50. The molecular weight excluding hydrogens is 436 g/mol. The summed E-state index contributed by atoms with van der Waals surface area (Å²) in [6, 6.07) is 20.3. The zero-order chi connectivity index (χ0) is 20.5. The fourth-order valence-corrected chi connectivity index (χ4v) is 2.98. The summed E-state index contributed by atoms with van der Waals surface area (Å²) in [6.07, 6.45) is 0.314. The summed E-state index contributed by atoms with van der Waals surface area (Å²) in [6.45, 7) is 0.875. The van der Waals surface area contributed by atoms with Crippen molar-refractivity contribution in [1.82, 2.24) is 10.6 Å². The van der Waals surface area contributed by atoms with Crippen molar-refractivity contribution in [1.29, 1.82) is 0 Å². The van der Waals surface area contributed by atoms with Gasteiger partial charge in [0.1, 0.15) is 18.1 Å².